The maximum absolute atomic E-state index is 12.5. The normalized spacial score (nSPS) is 14.5. The zero-order chi connectivity index (χ0) is 21.5. The molecule has 0 bridgehead atoms. The Labute approximate surface area is 178 Å². The summed E-state index contributed by atoms with van der Waals surface area (Å²) in [6.07, 6.45) is 1.62. The molecule has 6 nitrogen and oxygen atoms in total. The van der Waals surface area contributed by atoms with Crippen molar-refractivity contribution in [3.8, 4) is 0 Å². The van der Waals surface area contributed by atoms with Gasteiger partial charge in [0, 0.05) is 32.1 Å². The van der Waals surface area contributed by atoms with Crippen molar-refractivity contribution in [3.63, 3.8) is 0 Å². The van der Waals surface area contributed by atoms with Gasteiger partial charge in [-0.2, -0.15) is 0 Å². The lowest BCUT2D eigenvalue weighted by molar-refractivity contribution is -0.140. The third-order valence-corrected chi connectivity index (χ3v) is 5.94. The number of rotatable bonds is 7. The van der Waals surface area contributed by atoms with E-state index in [4.69, 9.17) is 0 Å². The average molecular weight is 410 g/mol. The zero-order valence-corrected chi connectivity index (χ0v) is 17.9. The molecule has 2 aromatic rings. The Morgan fingerprint density at radius 1 is 1.00 bits per heavy atom. The Morgan fingerprint density at radius 3 is 2.37 bits per heavy atom. The highest BCUT2D eigenvalue weighted by atomic mass is 16.2. The van der Waals surface area contributed by atoms with Crippen LogP contribution in [0.5, 0.6) is 0 Å². The molecule has 6 heteroatoms. The monoisotopic (exact) mass is 409 g/mol. The molecule has 0 atom stereocenters. The van der Waals surface area contributed by atoms with E-state index >= 15 is 0 Å². The van der Waals surface area contributed by atoms with Gasteiger partial charge in [0.2, 0.25) is 17.7 Å². The number of benzene rings is 2. The van der Waals surface area contributed by atoms with Crippen LogP contribution in [0.3, 0.4) is 0 Å². The van der Waals surface area contributed by atoms with Crippen LogP contribution in [0.2, 0.25) is 0 Å². The molecule has 3 rings (SSSR count). The molecule has 0 unspecified atom stereocenters. The van der Waals surface area contributed by atoms with E-state index < -0.39 is 0 Å². The minimum atomic E-state index is -0.161. The summed E-state index contributed by atoms with van der Waals surface area (Å²) in [5, 5.41) is 4.91. The third kappa shape index (κ3) is 5.17. The van der Waals surface area contributed by atoms with Crippen molar-refractivity contribution < 1.29 is 14.4 Å². The van der Waals surface area contributed by atoms with Crippen molar-refractivity contribution in [2.75, 3.05) is 32.7 Å². The quantitative estimate of drug-likeness (QED) is 0.764. The van der Waals surface area contributed by atoms with Crippen molar-refractivity contribution in [2.24, 2.45) is 5.92 Å². The molecule has 1 saturated heterocycles. The summed E-state index contributed by atoms with van der Waals surface area (Å²) in [7, 11) is 0. The van der Waals surface area contributed by atoms with E-state index in [1.54, 1.807) is 4.90 Å². The van der Waals surface area contributed by atoms with Gasteiger partial charge in [0.05, 0.1) is 13.0 Å². The number of nitrogens with one attached hydrogen (secondary N) is 1. The van der Waals surface area contributed by atoms with Gasteiger partial charge < -0.3 is 15.1 Å². The largest absolute Gasteiger partial charge is 0.347 e. The van der Waals surface area contributed by atoms with Crippen LogP contribution in [-0.2, 0) is 20.8 Å². The topological polar surface area (TPSA) is 69.7 Å². The van der Waals surface area contributed by atoms with Gasteiger partial charge in [-0.1, -0.05) is 42.5 Å². The van der Waals surface area contributed by atoms with Gasteiger partial charge in [0.1, 0.15) is 0 Å². The van der Waals surface area contributed by atoms with Gasteiger partial charge in [-0.15, -0.1) is 0 Å². The van der Waals surface area contributed by atoms with Gasteiger partial charge in [-0.05, 0) is 43.0 Å². The van der Waals surface area contributed by atoms with Crippen LogP contribution in [0.15, 0.2) is 42.5 Å². The highest BCUT2D eigenvalue weighted by molar-refractivity contribution is 5.91. The summed E-state index contributed by atoms with van der Waals surface area (Å²) in [5.74, 6) is -0.0632. The Bertz CT molecular complexity index is 894. The molecule has 0 saturated carbocycles. The average Bonchev–Trinajstić information content (AvgIpc) is 2.78. The van der Waals surface area contributed by atoms with Crippen molar-refractivity contribution in [2.45, 2.75) is 33.1 Å². The van der Waals surface area contributed by atoms with Crippen LogP contribution in [0.25, 0.3) is 10.8 Å². The Hall–Kier alpha value is -2.89. The van der Waals surface area contributed by atoms with E-state index in [2.05, 4.69) is 5.32 Å². The number of carbonyl (C=O) groups excluding carboxylic acids is 3. The smallest absolute Gasteiger partial charge is 0.241 e. The predicted molar refractivity (Wildman–Crippen MR) is 118 cm³/mol. The van der Waals surface area contributed by atoms with E-state index in [0.717, 1.165) is 29.4 Å². The summed E-state index contributed by atoms with van der Waals surface area (Å²) >= 11 is 0. The minimum Gasteiger partial charge on any atom is -0.347 e. The second-order valence-corrected chi connectivity index (χ2v) is 7.76. The summed E-state index contributed by atoms with van der Waals surface area (Å²) in [6, 6.07) is 13.9. The molecule has 1 aliphatic rings. The van der Waals surface area contributed by atoms with Gasteiger partial charge in [0.25, 0.3) is 0 Å². The first-order valence-corrected chi connectivity index (χ1v) is 10.8. The summed E-state index contributed by atoms with van der Waals surface area (Å²) in [5.41, 5.74) is 0.953. The molecule has 2 aromatic carbocycles. The lowest BCUT2D eigenvalue weighted by Crippen LogP contribution is -2.47. The van der Waals surface area contributed by atoms with E-state index in [-0.39, 0.29) is 36.6 Å². The van der Waals surface area contributed by atoms with Gasteiger partial charge >= 0.3 is 0 Å². The molecular formula is C24H31N3O3. The number of amides is 3. The first kappa shape index (κ1) is 21.8. The Balaban J connectivity index is 1.47. The number of nitrogens with zero attached hydrogens (tertiary/aromatic N) is 2. The molecule has 0 radical (unpaired) electrons. The Kier molecular flexibility index (Phi) is 7.44. The number of hydrogen-bond donors (Lipinski definition) is 1. The van der Waals surface area contributed by atoms with E-state index in [1.807, 2.05) is 61.2 Å². The van der Waals surface area contributed by atoms with Crippen molar-refractivity contribution in [1.29, 1.82) is 0 Å². The summed E-state index contributed by atoms with van der Waals surface area (Å²) in [4.78, 5) is 41.0. The van der Waals surface area contributed by atoms with Crippen LogP contribution in [0.1, 0.15) is 32.3 Å². The van der Waals surface area contributed by atoms with Crippen molar-refractivity contribution in [1.82, 2.24) is 15.1 Å². The van der Waals surface area contributed by atoms with Crippen LogP contribution in [0, 0.1) is 5.92 Å². The molecule has 0 spiro atoms. The highest BCUT2D eigenvalue weighted by Crippen LogP contribution is 2.20. The molecule has 160 valence electrons. The molecule has 0 aromatic heterocycles. The molecular weight excluding hydrogens is 378 g/mol. The van der Waals surface area contributed by atoms with Gasteiger partial charge in [-0.3, -0.25) is 14.4 Å². The number of likely N-dealkylation sites (tertiary alicyclic amines) is 1. The summed E-state index contributed by atoms with van der Waals surface area (Å²) in [6.45, 7) is 6.54. The maximum atomic E-state index is 12.5. The summed E-state index contributed by atoms with van der Waals surface area (Å²) < 4.78 is 0. The van der Waals surface area contributed by atoms with Crippen molar-refractivity contribution >= 4 is 28.5 Å². The van der Waals surface area contributed by atoms with Gasteiger partial charge in [-0.25, -0.2) is 0 Å². The fraction of sp³-hybridized carbons (Fsp3) is 0.458. The lowest BCUT2D eigenvalue weighted by atomic mass is 9.95. The molecule has 30 heavy (non-hydrogen) atoms. The second kappa shape index (κ2) is 10.2. The molecule has 3 amide bonds. The van der Waals surface area contributed by atoms with E-state index in [1.165, 1.54) is 0 Å². The first-order chi connectivity index (χ1) is 14.5. The SMILES string of the molecule is CCN(CC)C(=O)C1CCN(C(=O)CNC(=O)Cc2cccc3ccccc23)CC1. The molecule has 1 aliphatic heterocycles. The van der Waals surface area contributed by atoms with E-state index in [0.29, 0.717) is 25.9 Å². The first-order valence-electron chi connectivity index (χ1n) is 10.8. The van der Waals surface area contributed by atoms with Gasteiger partial charge in [0.15, 0.2) is 0 Å². The highest BCUT2D eigenvalue weighted by Gasteiger charge is 2.29. The maximum Gasteiger partial charge on any atom is 0.241 e. The predicted octanol–water partition coefficient (Wildman–Crippen LogP) is 2.61. The standard InChI is InChI=1S/C24H31N3O3/c1-3-26(4-2)24(30)19-12-14-27(15-13-19)23(29)17-25-22(28)16-20-10-7-9-18-8-5-6-11-21(18)20/h5-11,19H,3-4,12-17H2,1-2H3,(H,25,28). The number of piperidine rings is 1. The lowest BCUT2D eigenvalue weighted by Gasteiger charge is -2.33. The van der Waals surface area contributed by atoms with Crippen LogP contribution in [-0.4, -0.2) is 60.2 Å². The minimum absolute atomic E-state index is 0.00173. The van der Waals surface area contributed by atoms with Crippen molar-refractivity contribution in [3.05, 3.63) is 48.0 Å². The van der Waals surface area contributed by atoms with Crippen LogP contribution in [0.4, 0.5) is 0 Å². The molecule has 1 fully saturated rings. The van der Waals surface area contributed by atoms with Crippen LogP contribution >= 0.6 is 0 Å². The fourth-order valence-electron chi connectivity index (χ4n) is 4.14. The number of carbonyl (C=O) groups is 3. The molecule has 0 aliphatic carbocycles. The molecule has 1 N–H and O–H groups in total. The van der Waals surface area contributed by atoms with E-state index in [9.17, 15) is 14.4 Å². The van der Waals surface area contributed by atoms with Crippen LogP contribution < -0.4 is 5.32 Å². The molecule has 1 heterocycles. The Morgan fingerprint density at radius 2 is 1.67 bits per heavy atom. The number of hydrogen-bond acceptors (Lipinski definition) is 3. The third-order valence-electron chi connectivity index (χ3n) is 5.94. The zero-order valence-electron chi connectivity index (χ0n) is 17.9. The number of fused-ring (bicyclic) bond motifs is 1. The second-order valence-electron chi connectivity index (χ2n) is 7.76. The fourth-order valence-corrected chi connectivity index (χ4v) is 4.14.